The van der Waals surface area contributed by atoms with Crippen molar-refractivity contribution in [3.8, 4) is 0 Å². The van der Waals surface area contributed by atoms with E-state index in [1.54, 1.807) is 24.5 Å². The van der Waals surface area contributed by atoms with Crippen molar-refractivity contribution < 1.29 is 9.53 Å². The van der Waals surface area contributed by atoms with Crippen LogP contribution >= 0.6 is 0 Å². The average Bonchev–Trinajstić information content (AvgIpc) is 2.39. The van der Waals surface area contributed by atoms with Crippen molar-refractivity contribution in [2.75, 3.05) is 19.7 Å². The van der Waals surface area contributed by atoms with Crippen LogP contribution in [-0.4, -0.2) is 47.1 Å². The number of carbonyl (C=O) groups excluding carboxylic acids is 1. The molecular formula is C13H19N3O2. The van der Waals surface area contributed by atoms with Crippen LogP contribution in [0.15, 0.2) is 24.5 Å². The summed E-state index contributed by atoms with van der Waals surface area (Å²) >= 11 is 0. The van der Waals surface area contributed by atoms with E-state index in [1.807, 2.05) is 18.7 Å². The molecule has 1 amide bonds. The maximum absolute atomic E-state index is 12.5. The Morgan fingerprint density at radius 3 is 3.06 bits per heavy atom. The Morgan fingerprint density at radius 1 is 1.67 bits per heavy atom. The molecule has 98 valence electrons. The molecule has 1 aliphatic rings. The van der Waals surface area contributed by atoms with Crippen LogP contribution in [0.5, 0.6) is 0 Å². The smallest absolute Gasteiger partial charge is 0.256 e. The molecule has 0 aromatic carbocycles. The second kappa shape index (κ2) is 5.04. The van der Waals surface area contributed by atoms with Gasteiger partial charge in [-0.1, -0.05) is 0 Å². The zero-order valence-corrected chi connectivity index (χ0v) is 10.8. The molecule has 1 aromatic rings. The van der Waals surface area contributed by atoms with Gasteiger partial charge in [0.1, 0.15) is 0 Å². The summed E-state index contributed by atoms with van der Waals surface area (Å²) < 4.78 is 5.62. The van der Waals surface area contributed by atoms with Gasteiger partial charge in [0, 0.05) is 25.5 Å². The van der Waals surface area contributed by atoms with Gasteiger partial charge in [-0.15, -0.1) is 0 Å². The molecular weight excluding hydrogens is 230 g/mol. The summed E-state index contributed by atoms with van der Waals surface area (Å²) in [7, 11) is 0. The Hall–Kier alpha value is -1.46. The fraction of sp³-hybridized carbons (Fsp3) is 0.538. The number of hydrogen-bond donors (Lipinski definition) is 1. The molecule has 5 nitrogen and oxygen atoms in total. The molecule has 5 heteroatoms. The quantitative estimate of drug-likeness (QED) is 0.836. The summed E-state index contributed by atoms with van der Waals surface area (Å²) in [5.41, 5.74) is 5.90. The Balaban J connectivity index is 2.21. The zero-order chi connectivity index (χ0) is 13.2. The predicted molar refractivity (Wildman–Crippen MR) is 68.1 cm³/mol. The maximum Gasteiger partial charge on any atom is 0.256 e. The molecule has 1 saturated heterocycles. The molecule has 2 heterocycles. The van der Waals surface area contributed by atoms with Gasteiger partial charge in [0.2, 0.25) is 0 Å². The highest BCUT2D eigenvalue weighted by molar-refractivity contribution is 5.94. The van der Waals surface area contributed by atoms with Gasteiger partial charge in [-0.3, -0.25) is 9.78 Å². The Kier molecular flexibility index (Phi) is 3.63. The first-order valence-corrected chi connectivity index (χ1v) is 6.08. The first-order chi connectivity index (χ1) is 8.54. The first-order valence-electron chi connectivity index (χ1n) is 6.08. The third-order valence-corrected chi connectivity index (χ3v) is 3.21. The van der Waals surface area contributed by atoms with Crippen LogP contribution in [0, 0.1) is 0 Å². The van der Waals surface area contributed by atoms with E-state index in [0.29, 0.717) is 25.3 Å². The van der Waals surface area contributed by atoms with E-state index in [2.05, 4.69) is 4.98 Å². The van der Waals surface area contributed by atoms with E-state index in [4.69, 9.17) is 10.5 Å². The molecule has 0 radical (unpaired) electrons. The van der Waals surface area contributed by atoms with Crippen LogP contribution in [0.3, 0.4) is 0 Å². The minimum absolute atomic E-state index is 0.0187. The Bertz CT molecular complexity index is 420. The number of pyridine rings is 1. The van der Waals surface area contributed by atoms with Crippen LogP contribution in [-0.2, 0) is 4.74 Å². The zero-order valence-electron chi connectivity index (χ0n) is 10.8. The summed E-state index contributed by atoms with van der Waals surface area (Å²) in [5.74, 6) is -0.0187. The third-order valence-electron chi connectivity index (χ3n) is 3.21. The highest BCUT2D eigenvalue weighted by Gasteiger charge is 2.37. The van der Waals surface area contributed by atoms with Gasteiger partial charge < -0.3 is 15.4 Å². The summed E-state index contributed by atoms with van der Waals surface area (Å²) in [6, 6.07) is 3.54. The number of aromatic nitrogens is 1. The minimum atomic E-state index is -0.321. The summed E-state index contributed by atoms with van der Waals surface area (Å²) in [6.07, 6.45) is 3.16. The maximum atomic E-state index is 12.5. The van der Waals surface area contributed by atoms with E-state index >= 15 is 0 Å². The summed E-state index contributed by atoms with van der Waals surface area (Å²) in [6.45, 7) is 5.44. The molecule has 2 N–H and O–H groups in total. The number of ether oxygens (including phenoxy) is 1. The van der Waals surface area contributed by atoms with Crippen LogP contribution in [0.2, 0.25) is 0 Å². The van der Waals surface area contributed by atoms with Crippen molar-refractivity contribution in [2.45, 2.75) is 25.5 Å². The van der Waals surface area contributed by atoms with Crippen molar-refractivity contribution in [1.82, 2.24) is 9.88 Å². The number of rotatable bonds is 2. The average molecular weight is 249 g/mol. The van der Waals surface area contributed by atoms with Crippen LogP contribution in [0.1, 0.15) is 24.2 Å². The molecule has 1 atom stereocenters. The summed E-state index contributed by atoms with van der Waals surface area (Å²) in [4.78, 5) is 18.3. The molecule has 2 rings (SSSR count). The van der Waals surface area contributed by atoms with Crippen molar-refractivity contribution in [2.24, 2.45) is 5.73 Å². The fourth-order valence-electron chi connectivity index (χ4n) is 2.05. The number of nitrogens with two attached hydrogens (primary N) is 1. The number of morpholine rings is 1. The van der Waals surface area contributed by atoms with Gasteiger partial charge >= 0.3 is 0 Å². The standard InChI is InChI=1S/C13H19N3O2/c1-13(2)9-18-11(6-14)8-16(13)12(17)10-4-3-5-15-7-10/h3-5,7,11H,6,8-9,14H2,1-2H3. The second-order valence-electron chi connectivity index (χ2n) is 5.14. The topological polar surface area (TPSA) is 68.5 Å². The van der Waals surface area contributed by atoms with E-state index in [1.165, 1.54) is 0 Å². The molecule has 1 aliphatic heterocycles. The number of carbonyl (C=O) groups is 1. The number of nitrogens with zero attached hydrogens (tertiary/aromatic N) is 2. The van der Waals surface area contributed by atoms with Crippen molar-refractivity contribution >= 4 is 5.91 Å². The van der Waals surface area contributed by atoms with Crippen LogP contribution in [0.25, 0.3) is 0 Å². The van der Waals surface area contributed by atoms with E-state index in [9.17, 15) is 4.79 Å². The minimum Gasteiger partial charge on any atom is -0.373 e. The van der Waals surface area contributed by atoms with E-state index < -0.39 is 0 Å². The van der Waals surface area contributed by atoms with Gasteiger partial charge in [0.25, 0.3) is 5.91 Å². The molecule has 0 bridgehead atoms. The SMILES string of the molecule is CC1(C)COC(CN)CN1C(=O)c1cccnc1. The lowest BCUT2D eigenvalue weighted by molar-refractivity contribution is -0.0788. The fourth-order valence-corrected chi connectivity index (χ4v) is 2.05. The Morgan fingerprint density at radius 2 is 2.44 bits per heavy atom. The molecule has 1 aromatic heterocycles. The normalized spacial score (nSPS) is 22.8. The molecule has 1 unspecified atom stereocenters. The van der Waals surface area contributed by atoms with Crippen molar-refractivity contribution in [1.29, 1.82) is 0 Å². The second-order valence-corrected chi connectivity index (χ2v) is 5.14. The number of hydrogen-bond acceptors (Lipinski definition) is 4. The van der Waals surface area contributed by atoms with E-state index in [0.717, 1.165) is 0 Å². The van der Waals surface area contributed by atoms with Gasteiger partial charge in [0.15, 0.2) is 0 Å². The van der Waals surface area contributed by atoms with Gasteiger partial charge in [-0.2, -0.15) is 0 Å². The Labute approximate surface area is 107 Å². The van der Waals surface area contributed by atoms with Gasteiger partial charge in [-0.05, 0) is 26.0 Å². The first kappa shape index (κ1) is 13.0. The van der Waals surface area contributed by atoms with Crippen LogP contribution in [0.4, 0.5) is 0 Å². The highest BCUT2D eigenvalue weighted by Crippen LogP contribution is 2.23. The molecule has 0 spiro atoms. The third kappa shape index (κ3) is 2.52. The predicted octanol–water partition coefficient (Wildman–Crippen LogP) is 0.660. The lowest BCUT2D eigenvalue weighted by atomic mass is 9.99. The van der Waals surface area contributed by atoms with Crippen molar-refractivity contribution in [3.05, 3.63) is 30.1 Å². The summed E-state index contributed by atoms with van der Waals surface area (Å²) in [5, 5.41) is 0. The molecule has 0 saturated carbocycles. The molecule has 0 aliphatic carbocycles. The molecule has 1 fully saturated rings. The largest absolute Gasteiger partial charge is 0.373 e. The van der Waals surface area contributed by atoms with E-state index in [-0.39, 0.29) is 17.6 Å². The van der Waals surface area contributed by atoms with Gasteiger partial charge in [0.05, 0.1) is 23.8 Å². The lowest BCUT2D eigenvalue weighted by Crippen LogP contribution is -2.59. The number of amides is 1. The van der Waals surface area contributed by atoms with Crippen LogP contribution < -0.4 is 5.73 Å². The lowest BCUT2D eigenvalue weighted by Gasteiger charge is -2.45. The van der Waals surface area contributed by atoms with Gasteiger partial charge in [-0.25, -0.2) is 0 Å². The van der Waals surface area contributed by atoms with Crippen molar-refractivity contribution in [3.63, 3.8) is 0 Å². The highest BCUT2D eigenvalue weighted by atomic mass is 16.5. The monoisotopic (exact) mass is 249 g/mol. The molecule has 18 heavy (non-hydrogen) atoms.